The standard InChI is InChI=1S/C31H28N6O4/c1-16-26(17(2)41-36-16)22-14-24-21(15-25(22)40-3)27-28(20-8-11-32-23-7-5-4-6-19(20)23)34-30(35-29(27)33-24)31(39)37-12-9-18(38)10-13-37/h4-8,11,14-15,18,38H,9-10,12-13H2,1-3H3,(H,33,34,35). The van der Waals surface area contributed by atoms with Crippen LogP contribution in [0.5, 0.6) is 5.75 Å². The highest BCUT2D eigenvalue weighted by Crippen LogP contribution is 2.42. The van der Waals surface area contributed by atoms with Gasteiger partial charge in [-0.2, -0.15) is 0 Å². The van der Waals surface area contributed by atoms with Crippen molar-refractivity contribution in [2.75, 3.05) is 20.2 Å². The van der Waals surface area contributed by atoms with Crippen LogP contribution in [0.4, 0.5) is 0 Å². The minimum atomic E-state index is -0.392. The first-order valence-electron chi connectivity index (χ1n) is 13.6. The van der Waals surface area contributed by atoms with Gasteiger partial charge in [-0.1, -0.05) is 23.4 Å². The molecule has 0 bridgehead atoms. The zero-order valence-corrected chi connectivity index (χ0v) is 22.9. The molecule has 2 N–H and O–H groups in total. The summed E-state index contributed by atoms with van der Waals surface area (Å²) in [5, 5.41) is 16.7. The van der Waals surface area contributed by atoms with E-state index < -0.39 is 6.10 Å². The predicted molar refractivity (Wildman–Crippen MR) is 155 cm³/mol. The number of aromatic nitrogens is 5. The van der Waals surface area contributed by atoms with E-state index in [2.05, 4.69) is 15.1 Å². The van der Waals surface area contributed by atoms with Crippen molar-refractivity contribution in [3.05, 3.63) is 65.9 Å². The number of aryl methyl sites for hydroxylation is 2. The minimum absolute atomic E-state index is 0.106. The molecule has 6 aromatic rings. The van der Waals surface area contributed by atoms with Gasteiger partial charge in [0, 0.05) is 46.7 Å². The van der Waals surface area contributed by atoms with E-state index in [1.165, 1.54) is 0 Å². The van der Waals surface area contributed by atoms with Crippen LogP contribution in [0.15, 0.2) is 53.2 Å². The number of para-hydroxylation sites is 1. The van der Waals surface area contributed by atoms with Gasteiger partial charge in [-0.3, -0.25) is 9.78 Å². The van der Waals surface area contributed by atoms with Crippen molar-refractivity contribution in [2.24, 2.45) is 0 Å². The molecule has 1 saturated heterocycles. The maximum Gasteiger partial charge on any atom is 0.291 e. The number of amides is 1. The second-order valence-corrected chi connectivity index (χ2v) is 10.4. The maximum absolute atomic E-state index is 13.7. The number of rotatable bonds is 4. The van der Waals surface area contributed by atoms with Crippen molar-refractivity contribution in [1.82, 2.24) is 30.0 Å². The van der Waals surface area contributed by atoms with E-state index in [1.807, 2.05) is 56.3 Å². The van der Waals surface area contributed by atoms with Gasteiger partial charge in [0.2, 0.25) is 5.82 Å². The Hall–Kier alpha value is -4.83. The molecule has 7 rings (SSSR count). The summed E-state index contributed by atoms with van der Waals surface area (Å²) in [6.07, 6.45) is 2.43. The molecule has 0 unspecified atom stereocenters. The smallest absolute Gasteiger partial charge is 0.291 e. The van der Waals surface area contributed by atoms with Gasteiger partial charge in [0.1, 0.15) is 17.2 Å². The predicted octanol–water partition coefficient (Wildman–Crippen LogP) is 5.20. The highest BCUT2D eigenvalue weighted by atomic mass is 16.5. The summed E-state index contributed by atoms with van der Waals surface area (Å²) in [6.45, 7) is 4.69. The lowest BCUT2D eigenvalue weighted by molar-refractivity contribution is 0.0536. The first-order chi connectivity index (χ1) is 19.9. The van der Waals surface area contributed by atoms with Gasteiger partial charge in [-0.25, -0.2) is 9.97 Å². The zero-order chi connectivity index (χ0) is 28.2. The SMILES string of the molecule is COc1cc2c(cc1-c1c(C)noc1C)[nH]c1nc(C(=O)N3CCC(O)CC3)nc(-c3ccnc4ccccc34)c12. The summed E-state index contributed by atoms with van der Waals surface area (Å²) >= 11 is 0. The van der Waals surface area contributed by atoms with Crippen LogP contribution in [-0.4, -0.2) is 67.3 Å². The third kappa shape index (κ3) is 4.10. The summed E-state index contributed by atoms with van der Waals surface area (Å²) in [5.74, 6) is 1.20. The molecule has 1 fully saturated rings. The quantitative estimate of drug-likeness (QED) is 0.307. The van der Waals surface area contributed by atoms with Crippen molar-refractivity contribution in [3.63, 3.8) is 0 Å². The first kappa shape index (κ1) is 25.2. The normalized spacial score (nSPS) is 14.4. The van der Waals surface area contributed by atoms with Gasteiger partial charge >= 0.3 is 0 Å². The number of carbonyl (C=O) groups excluding carboxylic acids is 1. The van der Waals surface area contributed by atoms with Crippen LogP contribution >= 0.6 is 0 Å². The molecule has 1 amide bonds. The molecular formula is C31H28N6O4. The molecule has 206 valence electrons. The van der Waals surface area contributed by atoms with Crippen LogP contribution in [0, 0.1) is 13.8 Å². The van der Waals surface area contributed by atoms with Gasteiger partial charge in [0.05, 0.1) is 41.1 Å². The highest BCUT2D eigenvalue weighted by molar-refractivity contribution is 6.16. The third-order valence-corrected chi connectivity index (χ3v) is 7.92. The number of H-pyrrole nitrogens is 1. The number of likely N-dealkylation sites (tertiary alicyclic amines) is 1. The van der Waals surface area contributed by atoms with E-state index in [4.69, 9.17) is 19.2 Å². The number of fused-ring (bicyclic) bond motifs is 4. The lowest BCUT2D eigenvalue weighted by Gasteiger charge is -2.29. The number of ether oxygens (including phenoxy) is 1. The van der Waals surface area contributed by atoms with Crippen LogP contribution < -0.4 is 4.74 Å². The Morgan fingerprint density at radius 3 is 2.63 bits per heavy atom. The van der Waals surface area contributed by atoms with Gasteiger partial charge < -0.3 is 24.3 Å². The summed E-state index contributed by atoms with van der Waals surface area (Å²) < 4.78 is 11.3. The van der Waals surface area contributed by atoms with Crippen LogP contribution in [0.3, 0.4) is 0 Å². The molecule has 10 nitrogen and oxygen atoms in total. The molecule has 0 atom stereocenters. The fourth-order valence-corrected chi connectivity index (χ4v) is 5.86. The third-order valence-electron chi connectivity index (χ3n) is 7.92. The number of aliphatic hydroxyl groups excluding tert-OH is 1. The first-order valence-corrected chi connectivity index (χ1v) is 13.6. The molecule has 4 aromatic heterocycles. The van der Waals surface area contributed by atoms with E-state index in [-0.39, 0.29) is 11.7 Å². The van der Waals surface area contributed by atoms with Gasteiger partial charge in [-0.15, -0.1) is 0 Å². The molecule has 0 saturated carbocycles. The molecular weight excluding hydrogens is 520 g/mol. The number of benzene rings is 2. The number of nitrogens with zero attached hydrogens (tertiary/aromatic N) is 5. The number of hydrogen-bond acceptors (Lipinski definition) is 8. The summed E-state index contributed by atoms with van der Waals surface area (Å²) in [4.78, 5) is 33.0. The van der Waals surface area contributed by atoms with Crippen molar-refractivity contribution in [2.45, 2.75) is 32.8 Å². The van der Waals surface area contributed by atoms with Crippen LogP contribution in [0.25, 0.3) is 55.2 Å². The van der Waals surface area contributed by atoms with E-state index >= 15 is 0 Å². The minimum Gasteiger partial charge on any atom is -0.496 e. The van der Waals surface area contributed by atoms with Crippen LogP contribution in [0.1, 0.15) is 34.9 Å². The van der Waals surface area contributed by atoms with E-state index in [0.717, 1.165) is 49.6 Å². The molecule has 10 heteroatoms. The van der Waals surface area contributed by atoms with Crippen molar-refractivity contribution >= 4 is 38.7 Å². The number of carbonyl (C=O) groups is 1. The second-order valence-electron chi connectivity index (χ2n) is 10.4. The van der Waals surface area contributed by atoms with Gasteiger partial charge in [-0.05, 0) is 51.0 Å². The monoisotopic (exact) mass is 548 g/mol. The zero-order valence-electron chi connectivity index (χ0n) is 22.9. The van der Waals surface area contributed by atoms with Crippen LogP contribution in [-0.2, 0) is 0 Å². The Balaban J connectivity index is 1.51. The fourth-order valence-electron chi connectivity index (χ4n) is 5.86. The number of pyridine rings is 1. The van der Waals surface area contributed by atoms with Crippen molar-refractivity contribution in [3.8, 4) is 28.1 Å². The summed E-state index contributed by atoms with van der Waals surface area (Å²) in [5.41, 5.74) is 6.15. The Bertz CT molecular complexity index is 1940. The summed E-state index contributed by atoms with van der Waals surface area (Å²) in [6, 6.07) is 13.8. The van der Waals surface area contributed by atoms with Gasteiger partial charge in [0.25, 0.3) is 5.91 Å². The number of methoxy groups -OCH3 is 1. The fraction of sp³-hybridized carbons (Fsp3) is 0.258. The highest BCUT2D eigenvalue weighted by Gasteiger charge is 2.27. The number of aliphatic hydroxyl groups is 1. The number of nitrogens with one attached hydrogen (secondary N) is 1. The lowest BCUT2D eigenvalue weighted by Crippen LogP contribution is -2.40. The second kappa shape index (κ2) is 9.67. The number of piperidine rings is 1. The Morgan fingerprint density at radius 1 is 1.07 bits per heavy atom. The van der Waals surface area contributed by atoms with Crippen molar-refractivity contribution < 1.29 is 19.2 Å². The maximum atomic E-state index is 13.7. The Morgan fingerprint density at radius 2 is 1.88 bits per heavy atom. The number of aromatic amines is 1. The molecule has 2 aromatic carbocycles. The van der Waals surface area contributed by atoms with E-state index in [0.29, 0.717) is 48.8 Å². The average molecular weight is 549 g/mol. The van der Waals surface area contributed by atoms with Crippen molar-refractivity contribution in [1.29, 1.82) is 0 Å². The van der Waals surface area contributed by atoms with E-state index in [9.17, 15) is 9.90 Å². The molecule has 1 aliphatic heterocycles. The Kier molecular flexibility index (Phi) is 5.93. The van der Waals surface area contributed by atoms with Crippen LogP contribution in [0.2, 0.25) is 0 Å². The largest absolute Gasteiger partial charge is 0.496 e. The average Bonchev–Trinajstić information content (AvgIpc) is 3.53. The van der Waals surface area contributed by atoms with Gasteiger partial charge in [0.15, 0.2) is 0 Å². The molecule has 41 heavy (non-hydrogen) atoms. The topological polar surface area (TPSA) is 130 Å². The molecule has 1 aliphatic rings. The molecule has 0 aliphatic carbocycles. The molecule has 0 radical (unpaired) electrons. The number of hydrogen-bond donors (Lipinski definition) is 2. The molecule has 0 spiro atoms. The summed E-state index contributed by atoms with van der Waals surface area (Å²) in [7, 11) is 1.64. The lowest BCUT2D eigenvalue weighted by atomic mass is 9.99. The Labute approximate surface area is 235 Å². The molecule has 5 heterocycles. The van der Waals surface area contributed by atoms with E-state index in [1.54, 1.807) is 18.2 Å².